The third kappa shape index (κ3) is 5.85. The Morgan fingerprint density at radius 2 is 1.19 bits per heavy atom. The van der Waals surface area contributed by atoms with Crippen LogP contribution in [0, 0.1) is 0 Å². The molecule has 0 aliphatic heterocycles. The number of rotatable bonds is 10. The van der Waals surface area contributed by atoms with Gasteiger partial charge in [-0.25, -0.2) is 28.9 Å². The number of hydrogen-bond acceptors (Lipinski definition) is 8. The highest BCUT2D eigenvalue weighted by atomic mass is 17.2. The van der Waals surface area contributed by atoms with Crippen LogP contribution in [-0.4, -0.2) is 57.1 Å². The van der Waals surface area contributed by atoms with Gasteiger partial charge in [0.2, 0.25) is 6.79 Å². The topological polar surface area (TPSA) is 194 Å². The van der Waals surface area contributed by atoms with Crippen LogP contribution in [0.4, 0.5) is 0 Å². The molecule has 0 radical (unpaired) electrons. The summed E-state index contributed by atoms with van der Waals surface area (Å²) >= 11 is 0. The van der Waals surface area contributed by atoms with Crippen molar-refractivity contribution >= 4 is 29.8 Å². The maximum absolute atomic E-state index is 12.1. The van der Waals surface area contributed by atoms with Crippen LogP contribution in [0.1, 0.15) is 57.4 Å². The first-order valence-electron chi connectivity index (χ1n) is 8.23. The Hall–Kier alpha value is -4.29. The second kappa shape index (κ2) is 9.96. The van der Waals surface area contributed by atoms with Crippen molar-refractivity contribution in [1.29, 1.82) is 0 Å². The first-order valence-corrected chi connectivity index (χ1v) is 8.23. The zero-order valence-corrected chi connectivity index (χ0v) is 15.4. The summed E-state index contributed by atoms with van der Waals surface area (Å²) in [5.74, 6) is -6.69. The quantitative estimate of drug-likeness (QED) is 0.139. The van der Waals surface area contributed by atoms with Crippen LogP contribution in [0.25, 0.3) is 0 Å². The number of carboxylic acids is 4. The maximum atomic E-state index is 12.1. The first-order chi connectivity index (χ1) is 14.6. The number of esters is 1. The molecule has 0 saturated heterocycles. The van der Waals surface area contributed by atoms with Crippen LogP contribution in [0.3, 0.4) is 0 Å². The number of hydrogen-bond donors (Lipinski definition) is 4. The molecule has 12 nitrogen and oxygen atoms in total. The van der Waals surface area contributed by atoms with E-state index >= 15 is 0 Å². The van der Waals surface area contributed by atoms with E-state index < -0.39 is 54.4 Å². The van der Waals surface area contributed by atoms with Crippen molar-refractivity contribution in [2.45, 2.75) is 6.61 Å². The Labute approximate surface area is 172 Å². The second-order valence-electron chi connectivity index (χ2n) is 5.78. The molecule has 0 heterocycles. The van der Waals surface area contributed by atoms with Crippen LogP contribution in [-0.2, 0) is 21.1 Å². The van der Waals surface area contributed by atoms with Crippen molar-refractivity contribution in [3.05, 3.63) is 69.8 Å². The Morgan fingerprint density at radius 3 is 1.74 bits per heavy atom. The Balaban J connectivity index is 2.00. The van der Waals surface area contributed by atoms with E-state index in [1.165, 1.54) is 0 Å². The smallest absolute Gasteiger partial charge is 0.341 e. The van der Waals surface area contributed by atoms with Crippen LogP contribution >= 0.6 is 0 Å². The Kier molecular flexibility index (Phi) is 7.38. The van der Waals surface area contributed by atoms with Crippen LogP contribution in [0.15, 0.2) is 36.4 Å². The monoisotopic (exact) mass is 434 g/mol. The summed E-state index contributed by atoms with van der Waals surface area (Å²) in [4.78, 5) is 65.8. The van der Waals surface area contributed by atoms with Gasteiger partial charge in [0.05, 0.1) is 27.8 Å². The zero-order chi connectivity index (χ0) is 23.1. The minimum atomic E-state index is -1.49. The van der Waals surface area contributed by atoms with Gasteiger partial charge >= 0.3 is 29.8 Å². The van der Waals surface area contributed by atoms with Gasteiger partial charge in [-0.3, -0.25) is 0 Å². The van der Waals surface area contributed by atoms with E-state index in [4.69, 9.17) is 25.3 Å². The molecule has 4 N–H and O–H groups in total. The average molecular weight is 434 g/mol. The molecule has 2 aromatic rings. The van der Waals surface area contributed by atoms with Gasteiger partial charge in [-0.15, -0.1) is 0 Å². The number of carbonyl (C=O) groups is 5. The van der Waals surface area contributed by atoms with E-state index in [0.717, 1.165) is 36.4 Å². The van der Waals surface area contributed by atoms with Gasteiger partial charge in [0.15, 0.2) is 0 Å². The summed E-state index contributed by atoms with van der Waals surface area (Å²) < 4.78 is 4.68. The zero-order valence-electron chi connectivity index (χ0n) is 15.4. The molecule has 0 aromatic heterocycles. The fourth-order valence-electron chi connectivity index (χ4n) is 2.38. The SMILES string of the molecule is O=C(O)c1ccc(C(=O)O)c(COOCOC(=O)c2cc(C(=O)O)ccc2C(=O)O)c1. The third-order valence-corrected chi connectivity index (χ3v) is 3.84. The van der Waals surface area contributed by atoms with E-state index in [0.29, 0.717) is 0 Å². The van der Waals surface area contributed by atoms with E-state index in [1.807, 2.05) is 0 Å². The lowest BCUT2D eigenvalue weighted by Gasteiger charge is -2.10. The van der Waals surface area contributed by atoms with Gasteiger partial charge in [-0.05, 0) is 42.0 Å². The summed E-state index contributed by atoms with van der Waals surface area (Å²) in [5, 5.41) is 36.2. The molecule has 0 spiro atoms. The molecule has 0 atom stereocenters. The minimum absolute atomic E-state index is 0.0268. The largest absolute Gasteiger partial charge is 0.478 e. The molecule has 0 saturated carbocycles. The molecule has 162 valence electrons. The normalized spacial score (nSPS) is 10.3. The average Bonchev–Trinajstić information content (AvgIpc) is 2.72. The predicted molar refractivity (Wildman–Crippen MR) is 96.9 cm³/mol. The summed E-state index contributed by atoms with van der Waals surface area (Å²) in [6.45, 7) is -1.36. The maximum Gasteiger partial charge on any atom is 0.341 e. The number of ether oxygens (including phenoxy) is 1. The van der Waals surface area contributed by atoms with Gasteiger partial charge in [0.1, 0.15) is 6.61 Å². The van der Waals surface area contributed by atoms with Crippen molar-refractivity contribution in [3.63, 3.8) is 0 Å². The lowest BCUT2D eigenvalue weighted by molar-refractivity contribution is -0.335. The number of carboxylic acid groups (broad SMARTS) is 4. The molecular formula is C19H14O12. The highest BCUT2D eigenvalue weighted by Gasteiger charge is 2.20. The summed E-state index contributed by atoms with van der Waals surface area (Å²) in [6.07, 6.45) is 0. The van der Waals surface area contributed by atoms with Crippen molar-refractivity contribution in [1.82, 2.24) is 0 Å². The van der Waals surface area contributed by atoms with Crippen molar-refractivity contribution in [2.75, 3.05) is 6.79 Å². The van der Waals surface area contributed by atoms with E-state index in [2.05, 4.69) is 9.62 Å². The van der Waals surface area contributed by atoms with Crippen LogP contribution in [0.2, 0.25) is 0 Å². The molecule has 0 aliphatic carbocycles. The summed E-state index contributed by atoms with van der Waals surface area (Å²) in [5.41, 5.74) is -1.81. The highest BCUT2D eigenvalue weighted by Crippen LogP contribution is 2.16. The lowest BCUT2D eigenvalue weighted by atomic mass is 10.0. The number of carbonyl (C=O) groups excluding carboxylic acids is 1. The highest BCUT2D eigenvalue weighted by molar-refractivity contribution is 6.04. The molecule has 2 aromatic carbocycles. The third-order valence-electron chi connectivity index (χ3n) is 3.84. The minimum Gasteiger partial charge on any atom is -0.478 e. The standard InChI is InChI=1S/C19H14O12/c20-15(21)9-1-3-12(17(24)25)11(5-9)7-30-31-8-29-19(28)14-6-10(16(22)23)2-4-13(14)18(26)27/h1-6H,7-8H2,(H,20,21)(H,22,23)(H,24,25)(H,26,27). The second-order valence-corrected chi connectivity index (χ2v) is 5.78. The van der Waals surface area contributed by atoms with Crippen molar-refractivity contribution in [2.24, 2.45) is 0 Å². The first kappa shape index (κ1) is 23.0. The fourth-order valence-corrected chi connectivity index (χ4v) is 2.38. The van der Waals surface area contributed by atoms with Gasteiger partial charge in [0.25, 0.3) is 0 Å². The predicted octanol–water partition coefficient (Wildman–Crippen LogP) is 1.74. The molecule has 0 unspecified atom stereocenters. The molecule has 0 aliphatic rings. The van der Waals surface area contributed by atoms with Gasteiger partial charge in [-0.1, -0.05) is 0 Å². The van der Waals surface area contributed by atoms with Gasteiger partial charge in [0, 0.05) is 0 Å². The lowest BCUT2D eigenvalue weighted by Crippen LogP contribution is -2.15. The molecule has 2 rings (SSSR count). The molecule has 0 bridgehead atoms. The summed E-state index contributed by atoms with van der Waals surface area (Å²) in [7, 11) is 0. The van der Waals surface area contributed by atoms with Crippen molar-refractivity contribution < 1.29 is 58.9 Å². The fraction of sp³-hybridized carbons (Fsp3) is 0.105. The van der Waals surface area contributed by atoms with E-state index in [9.17, 15) is 24.0 Å². The Bertz CT molecular complexity index is 1060. The Morgan fingerprint density at radius 1 is 0.645 bits per heavy atom. The number of aromatic carboxylic acids is 4. The summed E-state index contributed by atoms with van der Waals surface area (Å²) in [6, 6.07) is 6.01. The van der Waals surface area contributed by atoms with Crippen LogP contribution < -0.4 is 0 Å². The van der Waals surface area contributed by atoms with Gasteiger partial charge < -0.3 is 25.2 Å². The molecular weight excluding hydrogens is 420 g/mol. The van der Waals surface area contributed by atoms with Crippen molar-refractivity contribution in [3.8, 4) is 0 Å². The number of benzene rings is 2. The van der Waals surface area contributed by atoms with E-state index in [1.54, 1.807) is 0 Å². The van der Waals surface area contributed by atoms with E-state index in [-0.39, 0.29) is 22.3 Å². The molecule has 12 heteroatoms. The molecule has 0 amide bonds. The van der Waals surface area contributed by atoms with Crippen LogP contribution in [0.5, 0.6) is 0 Å². The van der Waals surface area contributed by atoms with Gasteiger partial charge in [-0.2, -0.15) is 4.89 Å². The molecule has 31 heavy (non-hydrogen) atoms. The molecule has 0 fully saturated rings.